The Hall–Kier alpha value is -0.980. The van der Waals surface area contributed by atoms with Crippen LogP contribution in [0.15, 0.2) is 18.2 Å². The number of hydrogen-bond acceptors (Lipinski definition) is 1. The minimum atomic E-state index is 0.874. The van der Waals surface area contributed by atoms with Gasteiger partial charge in [-0.15, -0.1) is 0 Å². The van der Waals surface area contributed by atoms with Crippen LogP contribution in [-0.2, 0) is 0 Å². The molecular weight excluding hydrogens is 220 g/mol. The van der Waals surface area contributed by atoms with Crippen LogP contribution in [-0.4, -0.2) is 6.61 Å². The molecule has 0 unspecified atom stereocenters. The summed E-state index contributed by atoms with van der Waals surface area (Å²) in [5.74, 6) is 2.00. The van der Waals surface area contributed by atoms with Crippen molar-refractivity contribution >= 4 is 0 Å². The summed E-state index contributed by atoms with van der Waals surface area (Å²) in [4.78, 5) is 0. The lowest BCUT2D eigenvalue weighted by Crippen LogP contribution is -2.08. The van der Waals surface area contributed by atoms with E-state index in [2.05, 4.69) is 32.0 Å². The monoisotopic (exact) mass is 246 g/mol. The predicted octanol–water partition coefficient (Wildman–Crippen LogP) is 5.04. The molecule has 0 aliphatic heterocycles. The van der Waals surface area contributed by atoms with E-state index in [4.69, 9.17) is 4.74 Å². The summed E-state index contributed by atoms with van der Waals surface area (Å²) in [6.45, 7) is 5.16. The first-order valence-electron chi connectivity index (χ1n) is 7.46. The SMILES string of the molecule is Cc1ccc(OCCCC2CCCCC2)cc1C. The lowest BCUT2D eigenvalue weighted by molar-refractivity contribution is 0.269. The van der Waals surface area contributed by atoms with Crippen LogP contribution in [0.3, 0.4) is 0 Å². The molecule has 1 saturated carbocycles. The van der Waals surface area contributed by atoms with Gasteiger partial charge in [0.15, 0.2) is 0 Å². The first-order chi connectivity index (χ1) is 8.75. The summed E-state index contributed by atoms with van der Waals surface area (Å²) >= 11 is 0. The van der Waals surface area contributed by atoms with Crippen LogP contribution < -0.4 is 4.74 Å². The van der Waals surface area contributed by atoms with Gasteiger partial charge in [0.2, 0.25) is 0 Å². The van der Waals surface area contributed by atoms with E-state index in [1.54, 1.807) is 0 Å². The maximum atomic E-state index is 5.83. The Kier molecular flexibility index (Phi) is 5.10. The van der Waals surface area contributed by atoms with E-state index >= 15 is 0 Å². The van der Waals surface area contributed by atoms with Gasteiger partial charge >= 0.3 is 0 Å². The smallest absolute Gasteiger partial charge is 0.119 e. The minimum absolute atomic E-state index is 0.874. The van der Waals surface area contributed by atoms with E-state index in [-0.39, 0.29) is 0 Å². The third-order valence-corrected chi connectivity index (χ3v) is 4.23. The molecule has 1 fully saturated rings. The molecule has 1 aliphatic carbocycles. The Balaban J connectivity index is 1.66. The zero-order valence-electron chi connectivity index (χ0n) is 11.9. The van der Waals surface area contributed by atoms with Crippen LogP contribution in [0.4, 0.5) is 0 Å². The molecule has 0 atom stereocenters. The van der Waals surface area contributed by atoms with Crippen molar-refractivity contribution in [2.24, 2.45) is 5.92 Å². The summed E-state index contributed by atoms with van der Waals surface area (Å²) < 4.78 is 5.83. The quantitative estimate of drug-likeness (QED) is 0.661. The predicted molar refractivity (Wildman–Crippen MR) is 77.2 cm³/mol. The molecule has 18 heavy (non-hydrogen) atoms. The second kappa shape index (κ2) is 6.82. The van der Waals surface area contributed by atoms with Crippen molar-refractivity contribution in [1.29, 1.82) is 0 Å². The van der Waals surface area contributed by atoms with Gasteiger partial charge in [0.25, 0.3) is 0 Å². The summed E-state index contributed by atoms with van der Waals surface area (Å²) in [5, 5.41) is 0. The molecule has 0 spiro atoms. The molecule has 2 rings (SSSR count). The Labute approximate surface area is 112 Å². The van der Waals surface area contributed by atoms with Crippen molar-refractivity contribution in [3.63, 3.8) is 0 Å². The van der Waals surface area contributed by atoms with E-state index in [0.29, 0.717) is 0 Å². The molecule has 0 N–H and O–H groups in total. The summed E-state index contributed by atoms with van der Waals surface area (Å²) in [7, 11) is 0. The highest BCUT2D eigenvalue weighted by molar-refractivity contribution is 5.33. The van der Waals surface area contributed by atoms with Gasteiger partial charge in [0.05, 0.1) is 6.61 Å². The van der Waals surface area contributed by atoms with Crippen LogP contribution in [0.5, 0.6) is 5.75 Å². The van der Waals surface area contributed by atoms with Gasteiger partial charge < -0.3 is 4.74 Å². The Morgan fingerprint density at radius 1 is 1.06 bits per heavy atom. The number of aryl methyl sites for hydroxylation is 2. The van der Waals surface area contributed by atoms with E-state index in [9.17, 15) is 0 Å². The highest BCUT2D eigenvalue weighted by atomic mass is 16.5. The molecule has 0 saturated heterocycles. The third kappa shape index (κ3) is 4.04. The van der Waals surface area contributed by atoms with E-state index in [1.807, 2.05) is 0 Å². The minimum Gasteiger partial charge on any atom is -0.494 e. The largest absolute Gasteiger partial charge is 0.494 e. The second-order valence-corrected chi connectivity index (χ2v) is 5.74. The van der Waals surface area contributed by atoms with Crippen molar-refractivity contribution in [3.05, 3.63) is 29.3 Å². The molecule has 0 heterocycles. The average Bonchev–Trinajstić information content (AvgIpc) is 2.40. The standard InChI is InChI=1S/C17H26O/c1-14-10-11-17(13-15(14)2)18-12-6-9-16-7-4-3-5-8-16/h10-11,13,16H,3-9,12H2,1-2H3. The molecule has 1 aromatic rings. The lowest BCUT2D eigenvalue weighted by atomic mass is 9.86. The van der Waals surface area contributed by atoms with Gasteiger partial charge in [-0.25, -0.2) is 0 Å². The molecule has 1 aliphatic rings. The van der Waals surface area contributed by atoms with Crippen molar-refractivity contribution in [2.45, 2.75) is 58.8 Å². The fourth-order valence-corrected chi connectivity index (χ4v) is 2.84. The highest BCUT2D eigenvalue weighted by Gasteiger charge is 2.12. The van der Waals surface area contributed by atoms with Crippen molar-refractivity contribution in [1.82, 2.24) is 0 Å². The molecule has 1 heteroatoms. The summed E-state index contributed by atoms with van der Waals surface area (Å²) in [6.07, 6.45) is 9.80. The van der Waals surface area contributed by atoms with Gasteiger partial charge in [0, 0.05) is 0 Å². The van der Waals surface area contributed by atoms with E-state index < -0.39 is 0 Å². The van der Waals surface area contributed by atoms with Crippen molar-refractivity contribution in [2.75, 3.05) is 6.61 Å². The van der Waals surface area contributed by atoms with E-state index in [1.165, 1.54) is 56.1 Å². The van der Waals surface area contributed by atoms with Gasteiger partial charge in [-0.05, 0) is 55.9 Å². The second-order valence-electron chi connectivity index (χ2n) is 5.74. The Bertz CT molecular complexity index is 364. The molecule has 100 valence electrons. The fraction of sp³-hybridized carbons (Fsp3) is 0.647. The molecule has 1 nitrogen and oxygen atoms in total. The molecule has 0 aromatic heterocycles. The number of ether oxygens (including phenoxy) is 1. The zero-order chi connectivity index (χ0) is 12.8. The number of hydrogen-bond donors (Lipinski definition) is 0. The first kappa shape index (κ1) is 13.5. The van der Waals surface area contributed by atoms with E-state index in [0.717, 1.165) is 18.3 Å². The maximum absolute atomic E-state index is 5.83. The van der Waals surface area contributed by atoms with Gasteiger partial charge in [-0.2, -0.15) is 0 Å². The van der Waals surface area contributed by atoms with Crippen LogP contribution in [0, 0.1) is 19.8 Å². The van der Waals surface area contributed by atoms with Crippen LogP contribution in [0.1, 0.15) is 56.1 Å². The van der Waals surface area contributed by atoms with Gasteiger partial charge in [0.1, 0.15) is 5.75 Å². The van der Waals surface area contributed by atoms with Gasteiger partial charge in [-0.1, -0.05) is 38.2 Å². The Morgan fingerprint density at radius 3 is 2.56 bits per heavy atom. The number of benzene rings is 1. The Morgan fingerprint density at radius 2 is 1.83 bits per heavy atom. The third-order valence-electron chi connectivity index (χ3n) is 4.23. The normalized spacial score (nSPS) is 16.8. The molecule has 0 radical (unpaired) electrons. The zero-order valence-corrected chi connectivity index (χ0v) is 11.9. The molecule has 0 bridgehead atoms. The maximum Gasteiger partial charge on any atom is 0.119 e. The highest BCUT2D eigenvalue weighted by Crippen LogP contribution is 2.27. The number of rotatable bonds is 5. The molecule has 1 aromatic carbocycles. The topological polar surface area (TPSA) is 9.23 Å². The average molecular weight is 246 g/mol. The van der Waals surface area contributed by atoms with Crippen LogP contribution in [0.2, 0.25) is 0 Å². The fourth-order valence-electron chi connectivity index (χ4n) is 2.84. The summed E-state index contributed by atoms with van der Waals surface area (Å²) in [5.41, 5.74) is 2.66. The van der Waals surface area contributed by atoms with Crippen molar-refractivity contribution in [3.8, 4) is 5.75 Å². The molecular formula is C17H26O. The first-order valence-corrected chi connectivity index (χ1v) is 7.46. The van der Waals surface area contributed by atoms with Gasteiger partial charge in [-0.3, -0.25) is 0 Å². The summed E-state index contributed by atoms with van der Waals surface area (Å²) in [6, 6.07) is 6.38. The van der Waals surface area contributed by atoms with Crippen LogP contribution >= 0.6 is 0 Å². The van der Waals surface area contributed by atoms with Crippen LogP contribution in [0.25, 0.3) is 0 Å². The van der Waals surface area contributed by atoms with Crippen molar-refractivity contribution < 1.29 is 4.74 Å². The molecule has 0 amide bonds. The lowest BCUT2D eigenvalue weighted by Gasteiger charge is -2.21.